The van der Waals surface area contributed by atoms with Crippen LogP contribution in [0.3, 0.4) is 0 Å². The Hall–Kier alpha value is -2.11. The Bertz CT molecular complexity index is 378. The molecule has 1 N–H and O–H groups in total. The summed E-state index contributed by atoms with van der Waals surface area (Å²) in [6, 6.07) is 3.74. The maximum Gasteiger partial charge on any atom is 0.274 e. The van der Waals surface area contributed by atoms with Gasteiger partial charge in [-0.05, 0) is 17.7 Å². The molecule has 0 fully saturated rings. The molecule has 16 heavy (non-hydrogen) atoms. The third kappa shape index (κ3) is 3.56. The highest BCUT2D eigenvalue weighted by Gasteiger charge is 2.07. The summed E-state index contributed by atoms with van der Waals surface area (Å²) in [7, 11) is 3.44. The van der Waals surface area contributed by atoms with Crippen LogP contribution in [0.2, 0.25) is 0 Å². The van der Waals surface area contributed by atoms with Gasteiger partial charge in [0, 0.05) is 33.0 Å². The molecule has 0 atom stereocenters. The molecule has 1 rings (SSSR count). The molecule has 0 aliphatic heterocycles. The summed E-state index contributed by atoms with van der Waals surface area (Å²) in [5.74, 6) is 0.460. The van der Waals surface area contributed by atoms with Crippen molar-refractivity contribution in [3.05, 3.63) is 52.2 Å². The van der Waals surface area contributed by atoms with Crippen molar-refractivity contribution in [3.63, 3.8) is 0 Å². The van der Waals surface area contributed by atoms with Gasteiger partial charge in [0.2, 0.25) is 0 Å². The van der Waals surface area contributed by atoms with Gasteiger partial charge in [0.15, 0.2) is 5.82 Å². The predicted molar refractivity (Wildman–Crippen MR) is 59.8 cm³/mol. The molecule has 1 aromatic rings. The second-order valence-electron chi connectivity index (χ2n) is 3.26. The first-order valence-electron chi connectivity index (χ1n) is 4.76. The highest BCUT2D eigenvalue weighted by Crippen LogP contribution is 2.05. The Balaban J connectivity index is 2.70. The summed E-state index contributed by atoms with van der Waals surface area (Å²) in [6.45, 7) is 0.586. The normalized spacial score (nSPS) is 11.0. The highest BCUT2D eigenvalue weighted by atomic mass is 16.6. The van der Waals surface area contributed by atoms with Gasteiger partial charge in [-0.25, -0.2) is 0 Å². The number of hydrogen-bond acceptors (Lipinski definition) is 5. The van der Waals surface area contributed by atoms with E-state index >= 15 is 0 Å². The van der Waals surface area contributed by atoms with E-state index in [0.717, 1.165) is 11.8 Å². The highest BCUT2D eigenvalue weighted by molar-refractivity contribution is 5.10. The molecule has 0 radical (unpaired) electrons. The van der Waals surface area contributed by atoms with Crippen LogP contribution in [0.25, 0.3) is 0 Å². The summed E-state index contributed by atoms with van der Waals surface area (Å²) in [4.78, 5) is 15.6. The Morgan fingerprint density at radius 3 is 2.75 bits per heavy atom. The van der Waals surface area contributed by atoms with Gasteiger partial charge in [0.05, 0.1) is 4.92 Å². The van der Waals surface area contributed by atoms with Crippen molar-refractivity contribution >= 4 is 0 Å². The zero-order chi connectivity index (χ0) is 12.0. The number of nitrogens with one attached hydrogen (secondary N) is 1. The van der Waals surface area contributed by atoms with Crippen molar-refractivity contribution in [2.45, 2.75) is 6.54 Å². The van der Waals surface area contributed by atoms with Crippen LogP contribution in [-0.4, -0.2) is 28.9 Å². The maximum absolute atomic E-state index is 10.4. The second-order valence-corrected chi connectivity index (χ2v) is 3.26. The zero-order valence-corrected chi connectivity index (χ0v) is 9.25. The fourth-order valence-corrected chi connectivity index (χ4v) is 1.30. The Kier molecular flexibility index (Phi) is 4.26. The monoisotopic (exact) mass is 222 g/mol. The largest absolute Gasteiger partial charge is 0.370 e. The van der Waals surface area contributed by atoms with Crippen molar-refractivity contribution in [3.8, 4) is 0 Å². The van der Waals surface area contributed by atoms with Gasteiger partial charge in [0.1, 0.15) is 0 Å². The Morgan fingerprint density at radius 2 is 2.25 bits per heavy atom. The Labute approximate surface area is 93.7 Å². The van der Waals surface area contributed by atoms with Crippen molar-refractivity contribution in [1.29, 1.82) is 0 Å². The van der Waals surface area contributed by atoms with Gasteiger partial charge in [-0.15, -0.1) is 0 Å². The quantitative estimate of drug-likeness (QED) is 0.589. The van der Waals surface area contributed by atoms with Crippen molar-refractivity contribution < 1.29 is 4.92 Å². The lowest BCUT2D eigenvalue weighted by atomic mass is 10.2. The first kappa shape index (κ1) is 12.0. The molecule has 86 valence electrons. The molecule has 0 saturated heterocycles. The molecule has 1 aromatic heterocycles. The first-order valence-corrected chi connectivity index (χ1v) is 4.76. The van der Waals surface area contributed by atoms with Crippen LogP contribution in [-0.2, 0) is 6.54 Å². The molecule has 0 bridgehead atoms. The number of hydrogen-bond donors (Lipinski definition) is 1. The molecule has 6 nitrogen and oxygen atoms in total. The molecule has 0 aliphatic rings. The third-order valence-electron chi connectivity index (χ3n) is 2.06. The first-order chi connectivity index (χ1) is 7.63. The topological polar surface area (TPSA) is 71.3 Å². The minimum atomic E-state index is -0.477. The van der Waals surface area contributed by atoms with Gasteiger partial charge in [-0.1, -0.05) is 0 Å². The van der Waals surface area contributed by atoms with Gasteiger partial charge < -0.3 is 10.2 Å². The number of nitrogens with zero attached hydrogens (tertiary/aromatic N) is 3. The standard InChI is InChI=1S/C10H14N4O2/c1-11-10(8-14(15)16)13(2)7-9-3-5-12-6-4-9/h3-6,8,11H,7H2,1-2H3/b10-8-. The summed E-state index contributed by atoms with van der Waals surface area (Å²) >= 11 is 0. The van der Waals surface area contributed by atoms with Crippen LogP contribution in [0.5, 0.6) is 0 Å². The summed E-state index contributed by atoms with van der Waals surface area (Å²) < 4.78 is 0. The number of rotatable bonds is 5. The lowest BCUT2D eigenvalue weighted by Crippen LogP contribution is -2.26. The SMILES string of the molecule is CN/C(=C/[N+](=O)[O-])N(C)Cc1ccncc1. The average Bonchev–Trinajstić information content (AvgIpc) is 2.26. The smallest absolute Gasteiger partial charge is 0.274 e. The van der Waals surface area contributed by atoms with E-state index < -0.39 is 4.92 Å². The van der Waals surface area contributed by atoms with E-state index in [1.807, 2.05) is 12.1 Å². The molecule has 6 heteroatoms. The molecule has 0 unspecified atom stereocenters. The molecular weight excluding hydrogens is 208 g/mol. The van der Waals surface area contributed by atoms with E-state index in [2.05, 4.69) is 10.3 Å². The van der Waals surface area contributed by atoms with Crippen LogP contribution in [0.4, 0.5) is 0 Å². The van der Waals surface area contributed by atoms with E-state index in [-0.39, 0.29) is 0 Å². The van der Waals surface area contributed by atoms with Crippen LogP contribution in [0.15, 0.2) is 36.5 Å². The van der Waals surface area contributed by atoms with Gasteiger partial charge in [-0.2, -0.15) is 0 Å². The fraction of sp³-hybridized carbons (Fsp3) is 0.300. The van der Waals surface area contributed by atoms with Gasteiger partial charge >= 0.3 is 0 Å². The van der Waals surface area contributed by atoms with Crippen LogP contribution < -0.4 is 5.32 Å². The molecular formula is C10H14N4O2. The lowest BCUT2D eigenvalue weighted by molar-refractivity contribution is -0.404. The summed E-state index contributed by atoms with van der Waals surface area (Å²) in [5.41, 5.74) is 1.04. The summed E-state index contributed by atoms with van der Waals surface area (Å²) in [6.07, 6.45) is 4.33. The minimum Gasteiger partial charge on any atom is -0.370 e. The van der Waals surface area contributed by atoms with Crippen LogP contribution in [0, 0.1) is 10.1 Å². The molecule has 0 saturated carbocycles. The van der Waals surface area contributed by atoms with Crippen LogP contribution in [0.1, 0.15) is 5.56 Å². The maximum atomic E-state index is 10.4. The zero-order valence-electron chi connectivity index (χ0n) is 9.25. The van der Waals surface area contributed by atoms with E-state index in [4.69, 9.17) is 0 Å². The van der Waals surface area contributed by atoms with E-state index in [1.165, 1.54) is 0 Å². The number of aromatic nitrogens is 1. The molecule has 0 aromatic carbocycles. The molecule has 0 amide bonds. The van der Waals surface area contributed by atoms with Crippen molar-refractivity contribution in [1.82, 2.24) is 15.2 Å². The van der Waals surface area contributed by atoms with Crippen molar-refractivity contribution in [2.24, 2.45) is 0 Å². The van der Waals surface area contributed by atoms with E-state index in [9.17, 15) is 10.1 Å². The molecule has 0 aliphatic carbocycles. The Morgan fingerprint density at radius 1 is 1.62 bits per heavy atom. The van der Waals surface area contributed by atoms with Crippen LogP contribution >= 0.6 is 0 Å². The van der Waals surface area contributed by atoms with E-state index in [1.54, 1.807) is 31.4 Å². The third-order valence-corrected chi connectivity index (χ3v) is 2.06. The molecule has 1 heterocycles. The summed E-state index contributed by atoms with van der Waals surface area (Å²) in [5, 5.41) is 13.2. The van der Waals surface area contributed by atoms with Gasteiger partial charge in [-0.3, -0.25) is 15.1 Å². The number of pyridine rings is 1. The van der Waals surface area contributed by atoms with Crippen molar-refractivity contribution in [2.75, 3.05) is 14.1 Å². The molecule has 0 spiro atoms. The second kappa shape index (κ2) is 5.69. The van der Waals surface area contributed by atoms with Gasteiger partial charge in [0.25, 0.3) is 6.20 Å². The predicted octanol–water partition coefficient (Wildman–Crippen LogP) is 0.808. The number of nitro groups is 1. The minimum absolute atomic E-state index is 0.460. The fourth-order valence-electron chi connectivity index (χ4n) is 1.30. The van der Waals surface area contributed by atoms with E-state index in [0.29, 0.717) is 12.4 Å². The average molecular weight is 222 g/mol. The lowest BCUT2D eigenvalue weighted by Gasteiger charge is -2.19.